The first kappa shape index (κ1) is 15.9. The highest BCUT2D eigenvalue weighted by molar-refractivity contribution is 6.00. The van der Waals surface area contributed by atoms with Gasteiger partial charge in [-0.25, -0.2) is 4.79 Å². The molecule has 1 rings (SSSR count). The Labute approximate surface area is 113 Å². The van der Waals surface area contributed by atoms with Gasteiger partial charge in [0.25, 0.3) is 5.91 Å². The Morgan fingerprint density at radius 1 is 1.11 bits per heavy atom. The Morgan fingerprint density at radius 3 is 2.05 bits per heavy atom. The van der Waals surface area contributed by atoms with Gasteiger partial charge < -0.3 is 10.1 Å². The molecule has 1 aliphatic rings. The topological polar surface area (TPSA) is 90.6 Å². The molecule has 0 spiro atoms. The van der Waals surface area contributed by atoms with Gasteiger partial charge in [0.2, 0.25) is 0 Å². The van der Waals surface area contributed by atoms with Crippen molar-refractivity contribution in [3.8, 4) is 0 Å². The maximum Gasteiger partial charge on any atom is 0.323 e. The average molecular weight is 272 g/mol. The van der Waals surface area contributed by atoms with Crippen LogP contribution in [0.2, 0.25) is 0 Å². The maximum absolute atomic E-state index is 12.3. The zero-order valence-corrected chi connectivity index (χ0v) is 12.2. The monoisotopic (exact) mass is 272 g/mol. The molecule has 0 bridgehead atoms. The summed E-state index contributed by atoms with van der Waals surface area (Å²) in [4.78, 5) is 23.2. The van der Waals surface area contributed by atoms with Gasteiger partial charge in [0.1, 0.15) is 0 Å². The molecule has 2 unspecified atom stereocenters. The van der Waals surface area contributed by atoms with Crippen LogP contribution in [0.25, 0.3) is 0 Å². The highest BCUT2D eigenvalue weighted by Crippen LogP contribution is 2.22. The molecule has 1 radical (unpaired) electrons. The molecule has 109 valence electrons. The van der Waals surface area contributed by atoms with Crippen LogP contribution in [0.15, 0.2) is 0 Å². The minimum absolute atomic E-state index is 0.591. The summed E-state index contributed by atoms with van der Waals surface area (Å²) in [6.45, 7) is 10.4. The number of amides is 3. The molecule has 19 heavy (non-hydrogen) atoms. The highest BCUT2D eigenvalue weighted by Gasteiger charge is 2.46. The SMILES string of the molecule is CC(C)(C)OC1NC(=O)NC(=O)C1N([O])C(C)(C)C. The molecule has 1 heterocycles. The van der Waals surface area contributed by atoms with Crippen molar-refractivity contribution in [2.75, 3.05) is 0 Å². The van der Waals surface area contributed by atoms with Gasteiger partial charge >= 0.3 is 6.03 Å². The van der Waals surface area contributed by atoms with Gasteiger partial charge in [0.15, 0.2) is 12.3 Å². The molecule has 2 N–H and O–H groups in total. The number of urea groups is 1. The van der Waals surface area contributed by atoms with Crippen molar-refractivity contribution < 1.29 is 19.5 Å². The van der Waals surface area contributed by atoms with Crippen molar-refractivity contribution in [1.82, 2.24) is 15.7 Å². The Hall–Kier alpha value is -1.18. The van der Waals surface area contributed by atoms with Crippen LogP contribution in [0.3, 0.4) is 0 Å². The van der Waals surface area contributed by atoms with Gasteiger partial charge in [-0.05, 0) is 41.5 Å². The summed E-state index contributed by atoms with van der Waals surface area (Å²) in [6.07, 6.45) is -0.974. The molecule has 7 nitrogen and oxygen atoms in total. The lowest BCUT2D eigenvalue weighted by molar-refractivity contribution is -0.264. The summed E-state index contributed by atoms with van der Waals surface area (Å²) in [5.74, 6) is -0.650. The summed E-state index contributed by atoms with van der Waals surface area (Å²) in [7, 11) is 0. The zero-order valence-electron chi connectivity index (χ0n) is 12.2. The number of nitrogens with zero attached hydrogens (tertiary/aromatic N) is 1. The van der Waals surface area contributed by atoms with E-state index in [4.69, 9.17) is 4.74 Å². The Balaban J connectivity index is 3.00. The van der Waals surface area contributed by atoms with E-state index in [0.717, 1.165) is 0 Å². The Bertz CT molecular complexity index is 370. The number of carbonyl (C=O) groups is 2. The maximum atomic E-state index is 12.3. The van der Waals surface area contributed by atoms with Crippen molar-refractivity contribution in [3.63, 3.8) is 0 Å². The van der Waals surface area contributed by atoms with Crippen LogP contribution in [0.4, 0.5) is 4.79 Å². The molecule has 1 fully saturated rings. The van der Waals surface area contributed by atoms with Crippen LogP contribution < -0.4 is 10.6 Å². The largest absolute Gasteiger partial charge is 0.351 e. The van der Waals surface area contributed by atoms with Crippen molar-refractivity contribution >= 4 is 11.9 Å². The van der Waals surface area contributed by atoms with E-state index in [0.29, 0.717) is 5.06 Å². The molecule has 0 saturated carbocycles. The molecule has 0 aromatic heterocycles. The lowest BCUT2D eigenvalue weighted by Crippen LogP contribution is -2.69. The minimum Gasteiger partial charge on any atom is -0.351 e. The molecule has 0 aliphatic carbocycles. The van der Waals surface area contributed by atoms with Gasteiger partial charge in [-0.1, -0.05) is 0 Å². The molecular formula is C12H22N3O4. The second-order valence-corrected chi connectivity index (χ2v) is 6.55. The number of hydrogen-bond donors (Lipinski definition) is 2. The van der Waals surface area contributed by atoms with Crippen LogP contribution in [0.1, 0.15) is 41.5 Å². The number of rotatable bonds is 2. The first-order valence-corrected chi connectivity index (χ1v) is 6.17. The number of hydrogen-bond acceptors (Lipinski definition) is 4. The average Bonchev–Trinajstić information content (AvgIpc) is 2.11. The van der Waals surface area contributed by atoms with E-state index >= 15 is 0 Å². The fraction of sp³-hybridized carbons (Fsp3) is 0.833. The fourth-order valence-corrected chi connectivity index (χ4v) is 1.69. The van der Waals surface area contributed by atoms with Crippen LogP contribution in [-0.2, 0) is 14.7 Å². The fourth-order valence-electron chi connectivity index (χ4n) is 1.69. The lowest BCUT2D eigenvalue weighted by atomic mass is 10.0. The Morgan fingerprint density at radius 2 is 1.63 bits per heavy atom. The summed E-state index contributed by atoms with van der Waals surface area (Å²) in [5.41, 5.74) is -1.36. The second kappa shape index (κ2) is 5.07. The molecule has 0 aromatic rings. The van der Waals surface area contributed by atoms with Crippen LogP contribution in [0.5, 0.6) is 0 Å². The van der Waals surface area contributed by atoms with Crippen LogP contribution in [-0.4, -0.2) is 40.4 Å². The zero-order chi connectivity index (χ0) is 15.0. The van der Waals surface area contributed by atoms with E-state index in [-0.39, 0.29) is 0 Å². The normalized spacial score (nSPS) is 25.3. The van der Waals surface area contributed by atoms with E-state index < -0.39 is 35.3 Å². The third-order valence-corrected chi connectivity index (χ3v) is 2.46. The summed E-state index contributed by atoms with van der Waals surface area (Å²) < 4.78 is 5.61. The predicted molar refractivity (Wildman–Crippen MR) is 67.4 cm³/mol. The molecule has 1 aliphatic heterocycles. The lowest BCUT2D eigenvalue weighted by Gasteiger charge is -2.41. The van der Waals surface area contributed by atoms with Gasteiger partial charge in [0.05, 0.1) is 5.60 Å². The quantitative estimate of drug-likeness (QED) is 0.727. The van der Waals surface area contributed by atoms with Crippen LogP contribution >= 0.6 is 0 Å². The van der Waals surface area contributed by atoms with Gasteiger partial charge in [0, 0.05) is 5.54 Å². The van der Waals surface area contributed by atoms with Gasteiger partial charge in [-0.3, -0.25) is 10.1 Å². The van der Waals surface area contributed by atoms with Crippen molar-refractivity contribution in [2.45, 2.75) is 65.0 Å². The summed E-state index contributed by atoms with van der Waals surface area (Å²) in [6, 6.07) is -1.77. The van der Waals surface area contributed by atoms with Gasteiger partial charge in [-0.2, -0.15) is 0 Å². The molecule has 3 amide bonds. The second-order valence-electron chi connectivity index (χ2n) is 6.55. The number of nitrogens with one attached hydrogen (secondary N) is 2. The molecular weight excluding hydrogens is 250 g/mol. The highest BCUT2D eigenvalue weighted by atomic mass is 16.5. The first-order chi connectivity index (χ1) is 8.42. The van der Waals surface area contributed by atoms with Crippen molar-refractivity contribution in [1.29, 1.82) is 0 Å². The van der Waals surface area contributed by atoms with Crippen LogP contribution in [0, 0.1) is 0 Å². The molecule has 0 aromatic carbocycles. The van der Waals surface area contributed by atoms with Gasteiger partial charge in [-0.15, -0.1) is 10.3 Å². The van der Waals surface area contributed by atoms with Crippen molar-refractivity contribution in [2.24, 2.45) is 0 Å². The summed E-state index contributed by atoms with van der Waals surface area (Å²) >= 11 is 0. The Kier molecular flexibility index (Phi) is 4.23. The third kappa shape index (κ3) is 4.15. The van der Waals surface area contributed by atoms with E-state index in [1.165, 1.54) is 0 Å². The number of imide groups is 1. The standard InChI is InChI=1S/C12H22N3O4/c1-11(2,3)15(18)7-8(16)13-10(17)14-9(7)19-12(4,5)6/h7,9H,1-6H3,(H2,13,14,16,17). The third-order valence-electron chi connectivity index (χ3n) is 2.46. The van der Waals surface area contributed by atoms with E-state index in [2.05, 4.69) is 10.6 Å². The number of ether oxygens (including phenoxy) is 1. The van der Waals surface area contributed by atoms with E-state index in [1.807, 2.05) is 0 Å². The van der Waals surface area contributed by atoms with E-state index in [1.54, 1.807) is 41.5 Å². The number of carbonyl (C=O) groups excluding carboxylic acids is 2. The number of hydroxylamine groups is 2. The summed E-state index contributed by atoms with van der Waals surface area (Å²) in [5, 5.41) is 17.5. The predicted octanol–water partition coefficient (Wildman–Crippen LogP) is 0.782. The molecule has 7 heteroatoms. The molecule has 2 atom stereocenters. The first-order valence-electron chi connectivity index (χ1n) is 6.17. The van der Waals surface area contributed by atoms with E-state index in [9.17, 15) is 14.8 Å². The smallest absolute Gasteiger partial charge is 0.323 e. The van der Waals surface area contributed by atoms with Crippen molar-refractivity contribution in [3.05, 3.63) is 0 Å². The molecule has 1 saturated heterocycles. The minimum atomic E-state index is -1.11.